The van der Waals surface area contributed by atoms with Crippen LogP contribution in [0.3, 0.4) is 0 Å². The van der Waals surface area contributed by atoms with E-state index in [1.807, 2.05) is 31.2 Å². The zero-order valence-corrected chi connectivity index (χ0v) is 18.7. The van der Waals surface area contributed by atoms with Crippen LogP contribution in [0.4, 0.5) is 0 Å². The van der Waals surface area contributed by atoms with Crippen molar-refractivity contribution in [3.63, 3.8) is 0 Å². The van der Waals surface area contributed by atoms with Crippen molar-refractivity contribution in [2.45, 2.75) is 60.0 Å². The molecule has 2 aromatic carbocycles. The summed E-state index contributed by atoms with van der Waals surface area (Å²) in [7, 11) is 0. The van der Waals surface area contributed by atoms with Crippen molar-refractivity contribution in [2.75, 3.05) is 6.61 Å². The zero-order chi connectivity index (χ0) is 21.7. The summed E-state index contributed by atoms with van der Waals surface area (Å²) in [4.78, 5) is 17.4. The summed E-state index contributed by atoms with van der Waals surface area (Å²) in [6.45, 7) is 11.4. The summed E-state index contributed by atoms with van der Waals surface area (Å²) >= 11 is 0. The van der Waals surface area contributed by atoms with Crippen LogP contribution in [-0.4, -0.2) is 22.1 Å². The lowest BCUT2D eigenvalue weighted by Crippen LogP contribution is -2.33. The highest BCUT2D eigenvalue weighted by atomic mass is 16.5. The van der Waals surface area contributed by atoms with Crippen LogP contribution in [0.1, 0.15) is 56.6 Å². The Morgan fingerprint density at radius 2 is 1.73 bits per heavy atom. The summed E-state index contributed by atoms with van der Waals surface area (Å²) in [6, 6.07) is 14.1. The summed E-state index contributed by atoms with van der Waals surface area (Å²) in [6.07, 6.45) is 1.68. The summed E-state index contributed by atoms with van der Waals surface area (Å²) in [5, 5.41) is 3.16. The molecule has 0 saturated heterocycles. The fraction of sp³-hybridized carbons (Fsp3) is 0.440. The van der Waals surface area contributed by atoms with E-state index in [4.69, 9.17) is 9.72 Å². The van der Waals surface area contributed by atoms with Gasteiger partial charge in [0.1, 0.15) is 18.2 Å². The van der Waals surface area contributed by atoms with Gasteiger partial charge in [-0.1, -0.05) is 44.2 Å². The van der Waals surface area contributed by atoms with Crippen LogP contribution in [0, 0.1) is 19.8 Å². The molecule has 0 radical (unpaired) electrons. The maximum Gasteiger partial charge on any atom is 0.223 e. The van der Waals surface area contributed by atoms with Gasteiger partial charge in [-0.25, -0.2) is 4.98 Å². The van der Waals surface area contributed by atoms with E-state index in [1.54, 1.807) is 0 Å². The predicted molar refractivity (Wildman–Crippen MR) is 122 cm³/mol. The van der Waals surface area contributed by atoms with Gasteiger partial charge in [0.05, 0.1) is 23.6 Å². The van der Waals surface area contributed by atoms with E-state index in [9.17, 15) is 4.79 Å². The third-order valence-corrected chi connectivity index (χ3v) is 5.76. The van der Waals surface area contributed by atoms with Crippen molar-refractivity contribution in [1.29, 1.82) is 0 Å². The fourth-order valence-corrected chi connectivity index (χ4v) is 3.98. The number of aromatic nitrogens is 2. The lowest BCUT2D eigenvalue weighted by Gasteiger charge is -2.20. The van der Waals surface area contributed by atoms with Crippen molar-refractivity contribution in [3.05, 3.63) is 59.4 Å². The number of hydrogen-bond donors (Lipinski definition) is 1. The van der Waals surface area contributed by atoms with Crippen molar-refractivity contribution in [1.82, 2.24) is 14.9 Å². The third-order valence-electron chi connectivity index (χ3n) is 5.76. The van der Waals surface area contributed by atoms with E-state index >= 15 is 0 Å². The topological polar surface area (TPSA) is 56.2 Å². The Kier molecular flexibility index (Phi) is 7.14. The lowest BCUT2D eigenvalue weighted by atomic mass is 10.0. The molecule has 0 aliphatic carbocycles. The van der Waals surface area contributed by atoms with E-state index in [0.29, 0.717) is 13.2 Å². The molecule has 1 amide bonds. The van der Waals surface area contributed by atoms with E-state index in [1.165, 1.54) is 0 Å². The Labute approximate surface area is 179 Å². The first-order valence-electron chi connectivity index (χ1n) is 10.9. The number of ether oxygens (including phenoxy) is 1. The average Bonchev–Trinajstić information content (AvgIpc) is 3.10. The monoisotopic (exact) mass is 407 g/mol. The number of hydrogen-bond acceptors (Lipinski definition) is 3. The van der Waals surface area contributed by atoms with Crippen molar-refractivity contribution < 1.29 is 9.53 Å². The molecule has 160 valence electrons. The minimum Gasteiger partial charge on any atom is -0.491 e. The number of aryl methyl sites for hydroxylation is 2. The molecule has 1 atom stereocenters. The minimum absolute atomic E-state index is 0.0395. The van der Waals surface area contributed by atoms with Crippen molar-refractivity contribution >= 4 is 16.9 Å². The van der Waals surface area contributed by atoms with Gasteiger partial charge < -0.3 is 14.6 Å². The summed E-state index contributed by atoms with van der Waals surface area (Å²) in [5.41, 5.74) is 4.26. The Balaban J connectivity index is 1.82. The number of carbonyl (C=O) groups excluding carboxylic acids is 1. The standard InChI is InChI=1S/C25H33N3O2/c1-6-20(7-2)25(29)26-19(5)24-27-21-13-8-9-14-22(21)28(24)15-16-30-23-17(3)11-10-12-18(23)4/h8-14,19-20H,6-7,15-16H2,1-5H3,(H,26,29). The lowest BCUT2D eigenvalue weighted by molar-refractivity contribution is -0.125. The van der Waals surface area contributed by atoms with Gasteiger partial charge in [0, 0.05) is 5.92 Å². The predicted octanol–water partition coefficient (Wildman–Crippen LogP) is 5.35. The maximum absolute atomic E-state index is 12.6. The van der Waals surface area contributed by atoms with Crippen LogP contribution in [0.25, 0.3) is 11.0 Å². The quantitative estimate of drug-likeness (QED) is 0.520. The molecule has 0 saturated carbocycles. The van der Waals surface area contributed by atoms with Gasteiger partial charge in [-0.3, -0.25) is 4.79 Å². The first kappa shape index (κ1) is 21.9. The molecule has 0 aliphatic heterocycles. The fourth-order valence-electron chi connectivity index (χ4n) is 3.98. The first-order valence-corrected chi connectivity index (χ1v) is 10.9. The molecule has 5 nitrogen and oxygen atoms in total. The van der Waals surface area contributed by atoms with Crippen molar-refractivity contribution in [2.24, 2.45) is 5.92 Å². The van der Waals surface area contributed by atoms with Gasteiger partial charge in [0.2, 0.25) is 5.91 Å². The van der Waals surface area contributed by atoms with Gasteiger partial charge in [-0.05, 0) is 56.9 Å². The second-order valence-electron chi connectivity index (χ2n) is 7.92. The van der Waals surface area contributed by atoms with Crippen LogP contribution < -0.4 is 10.1 Å². The van der Waals surface area contributed by atoms with Crippen LogP contribution in [0.15, 0.2) is 42.5 Å². The Hall–Kier alpha value is -2.82. The molecular formula is C25H33N3O2. The number of imidazole rings is 1. The maximum atomic E-state index is 12.6. The highest BCUT2D eigenvalue weighted by molar-refractivity contribution is 5.79. The summed E-state index contributed by atoms with van der Waals surface area (Å²) in [5.74, 6) is 1.94. The highest BCUT2D eigenvalue weighted by Crippen LogP contribution is 2.24. The van der Waals surface area contributed by atoms with Gasteiger partial charge in [0.25, 0.3) is 0 Å². The molecular weight excluding hydrogens is 374 g/mol. The Bertz CT molecular complexity index is 985. The normalized spacial score (nSPS) is 12.3. The number of fused-ring (bicyclic) bond motifs is 1. The largest absolute Gasteiger partial charge is 0.491 e. The van der Waals surface area contributed by atoms with E-state index in [0.717, 1.165) is 46.6 Å². The van der Waals surface area contributed by atoms with Gasteiger partial charge in [-0.15, -0.1) is 0 Å². The second kappa shape index (κ2) is 9.79. The third kappa shape index (κ3) is 4.66. The van der Waals surface area contributed by atoms with Crippen LogP contribution in [0.2, 0.25) is 0 Å². The smallest absolute Gasteiger partial charge is 0.223 e. The number of rotatable bonds is 9. The number of carbonyl (C=O) groups is 1. The summed E-state index contributed by atoms with van der Waals surface area (Å²) < 4.78 is 8.31. The van der Waals surface area contributed by atoms with Gasteiger partial charge in [0.15, 0.2) is 0 Å². The van der Waals surface area contributed by atoms with Crippen LogP contribution in [-0.2, 0) is 11.3 Å². The second-order valence-corrected chi connectivity index (χ2v) is 7.92. The molecule has 30 heavy (non-hydrogen) atoms. The van der Waals surface area contributed by atoms with Crippen LogP contribution >= 0.6 is 0 Å². The number of benzene rings is 2. The van der Waals surface area contributed by atoms with E-state index in [-0.39, 0.29) is 17.9 Å². The SMILES string of the molecule is CCC(CC)C(=O)NC(C)c1nc2ccccc2n1CCOc1c(C)cccc1C. The molecule has 0 bridgehead atoms. The molecule has 0 aliphatic rings. The van der Waals surface area contributed by atoms with E-state index < -0.39 is 0 Å². The first-order chi connectivity index (χ1) is 14.5. The minimum atomic E-state index is -0.175. The van der Waals surface area contributed by atoms with E-state index in [2.05, 4.69) is 55.8 Å². The molecule has 5 heteroatoms. The molecule has 0 fully saturated rings. The Morgan fingerprint density at radius 1 is 1.07 bits per heavy atom. The number of amides is 1. The number of para-hydroxylation sites is 3. The zero-order valence-electron chi connectivity index (χ0n) is 18.7. The number of nitrogens with one attached hydrogen (secondary N) is 1. The molecule has 1 aromatic heterocycles. The molecule has 1 heterocycles. The molecule has 0 spiro atoms. The molecule has 1 unspecified atom stereocenters. The van der Waals surface area contributed by atoms with Gasteiger partial charge >= 0.3 is 0 Å². The molecule has 3 rings (SSSR count). The highest BCUT2D eigenvalue weighted by Gasteiger charge is 2.21. The van der Waals surface area contributed by atoms with Crippen LogP contribution in [0.5, 0.6) is 5.75 Å². The molecule has 1 N–H and O–H groups in total. The van der Waals surface area contributed by atoms with Crippen molar-refractivity contribution in [3.8, 4) is 5.75 Å². The average molecular weight is 408 g/mol. The Morgan fingerprint density at radius 3 is 2.40 bits per heavy atom. The number of nitrogens with zero attached hydrogens (tertiary/aromatic N) is 2. The van der Waals surface area contributed by atoms with Gasteiger partial charge in [-0.2, -0.15) is 0 Å². The molecule has 3 aromatic rings.